The summed E-state index contributed by atoms with van der Waals surface area (Å²) in [4.78, 5) is 34.6. The van der Waals surface area contributed by atoms with E-state index in [1.165, 1.54) is 12.1 Å². The minimum absolute atomic E-state index is 0.00921. The van der Waals surface area contributed by atoms with Gasteiger partial charge in [-0.25, -0.2) is 13.6 Å². The number of hydrogen-bond acceptors (Lipinski definition) is 9. The fourth-order valence-electron chi connectivity index (χ4n) is 3.81. The highest BCUT2D eigenvalue weighted by molar-refractivity contribution is 9.11. The van der Waals surface area contributed by atoms with E-state index >= 15 is 4.39 Å². The molecule has 0 aliphatic carbocycles. The van der Waals surface area contributed by atoms with Gasteiger partial charge in [-0.3, -0.25) is 14.9 Å². The van der Waals surface area contributed by atoms with Gasteiger partial charge in [0.1, 0.15) is 23.7 Å². The Morgan fingerprint density at radius 2 is 1.75 bits per heavy atom. The van der Waals surface area contributed by atoms with Crippen molar-refractivity contribution in [2.75, 3.05) is 13.7 Å². The highest BCUT2D eigenvalue weighted by atomic mass is 79.9. The molecule has 0 radical (unpaired) electrons. The maximum absolute atomic E-state index is 15.2. The summed E-state index contributed by atoms with van der Waals surface area (Å²) in [6.45, 7) is -0.712. The Balaban J connectivity index is 1.55. The molecule has 1 aliphatic heterocycles. The predicted molar refractivity (Wildman–Crippen MR) is 145 cm³/mol. The van der Waals surface area contributed by atoms with E-state index in [1.54, 1.807) is 0 Å². The summed E-state index contributed by atoms with van der Waals surface area (Å²) in [5, 5.41) is 15.8. The van der Waals surface area contributed by atoms with Gasteiger partial charge in [0.05, 0.1) is 16.2 Å². The van der Waals surface area contributed by atoms with E-state index in [9.17, 15) is 37.3 Å². The monoisotopic (exact) mass is 687 g/mol. The van der Waals surface area contributed by atoms with Crippen LogP contribution in [0.1, 0.15) is 21.5 Å². The van der Waals surface area contributed by atoms with Gasteiger partial charge < -0.3 is 29.6 Å². The molecule has 232 valence electrons. The van der Waals surface area contributed by atoms with E-state index in [2.05, 4.69) is 26.6 Å². The number of halogens is 6. The second kappa shape index (κ2) is 13.2. The molecule has 11 nitrogen and oxygen atoms in total. The summed E-state index contributed by atoms with van der Waals surface area (Å²) >= 11 is 3.16. The maximum Gasteiger partial charge on any atom is 0.513 e. The molecule has 44 heavy (non-hydrogen) atoms. The molecular formula is C27H19BrF5N3O8. The van der Waals surface area contributed by atoms with Crippen molar-refractivity contribution in [2.24, 2.45) is 0 Å². The lowest BCUT2D eigenvalue weighted by atomic mass is 10.1. The number of hydrogen-bond donors (Lipinski definition) is 2. The molecule has 3 aromatic carbocycles. The van der Waals surface area contributed by atoms with Crippen LogP contribution < -0.4 is 20.1 Å². The quantitative estimate of drug-likeness (QED) is 0.0928. The van der Waals surface area contributed by atoms with Crippen LogP contribution in [0.4, 0.5) is 32.4 Å². The normalized spacial score (nSPS) is 15.1. The highest BCUT2D eigenvalue weighted by Crippen LogP contribution is 2.34. The number of non-ortho nitro benzene ring substituents is 1. The van der Waals surface area contributed by atoms with Gasteiger partial charge in [-0.05, 0) is 52.3 Å². The fraction of sp³-hybridized carbons (Fsp3) is 0.185. The Morgan fingerprint density at radius 3 is 2.34 bits per heavy atom. The summed E-state index contributed by atoms with van der Waals surface area (Å²) in [6, 6.07) is 10.1. The number of ether oxygens (including phenoxy) is 4. The number of benzene rings is 3. The molecule has 2 N–H and O–H groups in total. The molecule has 0 saturated carbocycles. The zero-order chi connectivity index (χ0) is 32.2. The van der Waals surface area contributed by atoms with E-state index in [1.807, 2.05) is 0 Å². The van der Waals surface area contributed by atoms with E-state index in [-0.39, 0.29) is 27.4 Å². The number of carbonyl (C=O) groups is 2. The van der Waals surface area contributed by atoms with E-state index < -0.39 is 70.6 Å². The second-order valence-corrected chi connectivity index (χ2v) is 9.51. The zero-order valence-electron chi connectivity index (χ0n) is 22.1. The van der Waals surface area contributed by atoms with Crippen molar-refractivity contribution in [2.45, 2.75) is 18.5 Å². The first-order valence-electron chi connectivity index (χ1n) is 12.2. The molecule has 0 aromatic heterocycles. The van der Waals surface area contributed by atoms with Crippen molar-refractivity contribution in [3.8, 4) is 11.5 Å². The average molecular weight is 688 g/mol. The van der Waals surface area contributed by atoms with Crippen molar-refractivity contribution < 1.29 is 55.4 Å². The molecule has 0 saturated heterocycles. The summed E-state index contributed by atoms with van der Waals surface area (Å²) in [5.41, 5.74) is -1.69. The van der Waals surface area contributed by atoms with Crippen LogP contribution in [-0.4, -0.2) is 43.0 Å². The van der Waals surface area contributed by atoms with Crippen LogP contribution in [0, 0.1) is 21.7 Å². The second-order valence-electron chi connectivity index (χ2n) is 8.79. The Kier molecular flexibility index (Phi) is 9.56. The van der Waals surface area contributed by atoms with Crippen LogP contribution >= 0.6 is 15.9 Å². The van der Waals surface area contributed by atoms with Crippen LogP contribution in [0.3, 0.4) is 0 Å². The van der Waals surface area contributed by atoms with Gasteiger partial charge in [0.15, 0.2) is 22.3 Å². The van der Waals surface area contributed by atoms with Crippen LogP contribution in [0.2, 0.25) is 0 Å². The molecule has 17 heteroatoms. The Hall–Kier alpha value is -4.93. The highest BCUT2D eigenvalue weighted by Gasteiger charge is 2.36. The van der Waals surface area contributed by atoms with Crippen LogP contribution in [-0.2, 0) is 15.7 Å². The lowest BCUT2D eigenvalue weighted by Gasteiger charge is -2.25. The minimum atomic E-state index is -4.57. The first-order chi connectivity index (χ1) is 20.8. The van der Waals surface area contributed by atoms with Gasteiger partial charge in [0.25, 0.3) is 11.6 Å². The Labute approximate surface area is 252 Å². The smallest absolute Gasteiger partial charge is 0.478 e. The first-order valence-corrected chi connectivity index (χ1v) is 13.0. The van der Waals surface area contributed by atoms with Gasteiger partial charge in [-0.2, -0.15) is 13.2 Å². The number of amides is 1. The molecule has 1 aliphatic rings. The van der Waals surface area contributed by atoms with E-state index in [0.717, 1.165) is 55.6 Å². The van der Waals surface area contributed by atoms with Crippen molar-refractivity contribution in [1.29, 1.82) is 0 Å². The van der Waals surface area contributed by atoms with Gasteiger partial charge in [0.2, 0.25) is 6.23 Å². The lowest BCUT2D eigenvalue weighted by molar-refractivity contribution is -0.384. The number of nitro groups is 1. The largest absolute Gasteiger partial charge is 0.513 e. The van der Waals surface area contributed by atoms with E-state index in [0.29, 0.717) is 0 Å². The molecule has 3 aromatic rings. The number of alkyl halides is 3. The van der Waals surface area contributed by atoms with E-state index in [4.69, 9.17) is 18.9 Å². The third-order valence-electron chi connectivity index (χ3n) is 5.95. The van der Waals surface area contributed by atoms with Gasteiger partial charge >= 0.3 is 12.3 Å². The van der Waals surface area contributed by atoms with Gasteiger partial charge in [-0.1, -0.05) is 12.1 Å². The molecule has 0 bridgehead atoms. The SMILES string of the molecule is CNC(=O)c1c(F)ccc(OC(COC(=O)Oc2ccc([N+](=O)[O-])cc2)C2NC(c3ccc(C(F)(F)F)cc3)=C(Br)O2)c1F. The van der Waals surface area contributed by atoms with Crippen LogP contribution in [0.15, 0.2) is 65.3 Å². The number of carbonyl (C=O) groups excluding carboxylic acids is 2. The molecule has 1 amide bonds. The van der Waals surface area contributed by atoms with Gasteiger partial charge in [-0.15, -0.1) is 0 Å². The summed E-state index contributed by atoms with van der Waals surface area (Å²) < 4.78 is 89.8. The Morgan fingerprint density at radius 1 is 1.09 bits per heavy atom. The molecule has 1 heterocycles. The zero-order valence-corrected chi connectivity index (χ0v) is 23.7. The fourth-order valence-corrected chi connectivity index (χ4v) is 4.35. The maximum atomic E-state index is 15.2. The van der Waals surface area contributed by atoms with Crippen LogP contribution in [0.5, 0.6) is 11.5 Å². The predicted octanol–water partition coefficient (Wildman–Crippen LogP) is 5.88. The number of nitro benzene ring substituents is 1. The van der Waals surface area contributed by atoms with Crippen molar-refractivity contribution in [3.63, 3.8) is 0 Å². The standard InChI is InChI=1S/C27H19BrF5N3O8/c1-34-24(37)20-17(29)10-11-18(21(20)30)43-19(12-41-26(38)42-16-8-6-15(7-9-16)36(39)40)25-35-22(23(28)44-25)13-2-4-14(5-3-13)27(31,32)33/h2-11,19,25,35H,12H2,1H3,(H,34,37). The molecule has 4 rings (SSSR count). The summed E-state index contributed by atoms with van der Waals surface area (Å²) in [7, 11) is 1.16. The van der Waals surface area contributed by atoms with Crippen LogP contribution in [0.25, 0.3) is 5.70 Å². The Bertz CT molecular complexity index is 1600. The molecule has 2 unspecified atom stereocenters. The lowest BCUT2D eigenvalue weighted by Crippen LogP contribution is -2.44. The molecular weight excluding hydrogens is 669 g/mol. The molecule has 2 atom stereocenters. The van der Waals surface area contributed by atoms with Crippen molar-refractivity contribution in [1.82, 2.24) is 10.6 Å². The summed E-state index contributed by atoms with van der Waals surface area (Å²) in [5.74, 6) is -4.39. The topological polar surface area (TPSA) is 138 Å². The minimum Gasteiger partial charge on any atom is -0.478 e. The first kappa shape index (κ1) is 32.0. The molecule has 0 fully saturated rings. The average Bonchev–Trinajstić information content (AvgIpc) is 3.37. The third kappa shape index (κ3) is 7.34. The summed E-state index contributed by atoms with van der Waals surface area (Å²) in [6.07, 6.45) is -8.61. The number of nitrogens with zero attached hydrogens (tertiary/aromatic N) is 1. The van der Waals surface area contributed by atoms with Crippen molar-refractivity contribution in [3.05, 3.63) is 104 Å². The number of nitrogens with one attached hydrogen (secondary N) is 2. The molecule has 0 spiro atoms. The van der Waals surface area contributed by atoms with Gasteiger partial charge in [0, 0.05) is 24.7 Å². The van der Waals surface area contributed by atoms with Crippen molar-refractivity contribution >= 4 is 39.4 Å². The third-order valence-corrected chi connectivity index (χ3v) is 6.54. The number of rotatable bonds is 9.